The van der Waals surface area contributed by atoms with Gasteiger partial charge in [-0.3, -0.25) is 0 Å². The molecule has 0 radical (unpaired) electrons. The molecule has 2 aromatic rings. The Balaban J connectivity index is 1.91. The number of thiophene rings is 1. The summed E-state index contributed by atoms with van der Waals surface area (Å²) in [5.74, 6) is 0. The summed E-state index contributed by atoms with van der Waals surface area (Å²) in [5.41, 5.74) is 2.17. The average molecular weight is 300 g/mol. The largest absolute Gasteiger partial charge is 0.362 e. The predicted octanol–water partition coefficient (Wildman–Crippen LogP) is 4.01. The zero-order valence-corrected chi connectivity index (χ0v) is 11.8. The van der Waals surface area contributed by atoms with E-state index >= 15 is 0 Å². The van der Waals surface area contributed by atoms with Gasteiger partial charge in [-0.2, -0.15) is 11.3 Å². The third-order valence-corrected chi connectivity index (χ3v) is 4.12. The molecule has 2 heterocycles. The van der Waals surface area contributed by atoms with Crippen LogP contribution in [0.15, 0.2) is 22.9 Å². The Morgan fingerprint density at radius 3 is 2.83 bits per heavy atom. The second-order valence-corrected chi connectivity index (χ2v) is 5.86. The second-order valence-electron chi connectivity index (χ2n) is 4.33. The monoisotopic (exact) mass is 299 g/mol. The molecule has 0 N–H and O–H groups in total. The first-order valence-corrected chi connectivity index (χ1v) is 7.40. The van der Waals surface area contributed by atoms with Crippen molar-refractivity contribution < 1.29 is 0 Å². The summed E-state index contributed by atoms with van der Waals surface area (Å²) in [5, 5.41) is 12.7. The first-order chi connectivity index (χ1) is 8.74. The van der Waals surface area contributed by atoms with Crippen LogP contribution in [0.3, 0.4) is 0 Å². The molecule has 3 nitrogen and oxygen atoms in total. The van der Waals surface area contributed by atoms with Crippen LogP contribution < -0.4 is 4.90 Å². The molecule has 0 saturated heterocycles. The number of rotatable bonds is 4. The molecule has 0 aromatic carbocycles. The first kappa shape index (κ1) is 12.2. The average Bonchev–Trinajstić information content (AvgIpc) is 3.07. The highest BCUT2D eigenvalue weighted by atomic mass is 35.5. The Morgan fingerprint density at radius 2 is 2.17 bits per heavy atom. The molecule has 18 heavy (non-hydrogen) atoms. The third-order valence-electron chi connectivity index (χ3n) is 2.93. The van der Waals surface area contributed by atoms with Gasteiger partial charge in [0.15, 0.2) is 10.3 Å². The summed E-state index contributed by atoms with van der Waals surface area (Å²) in [7, 11) is 0. The molecule has 94 valence electrons. The molecule has 1 aliphatic rings. The number of halogens is 2. The van der Waals surface area contributed by atoms with Crippen molar-refractivity contribution in [2.24, 2.45) is 0 Å². The van der Waals surface area contributed by atoms with Crippen LogP contribution in [0.4, 0.5) is 5.69 Å². The Bertz CT molecular complexity index is 540. The van der Waals surface area contributed by atoms with Crippen LogP contribution in [0.2, 0.25) is 10.3 Å². The van der Waals surface area contributed by atoms with Gasteiger partial charge in [-0.05, 0) is 35.2 Å². The maximum atomic E-state index is 6.13. The SMILES string of the molecule is Clc1cc(N(Cc2ccsc2)C2CC2)c(Cl)nn1. The molecule has 0 bridgehead atoms. The van der Waals surface area contributed by atoms with Gasteiger partial charge >= 0.3 is 0 Å². The molecular formula is C12H11Cl2N3S. The molecule has 1 fully saturated rings. The van der Waals surface area contributed by atoms with Crippen molar-refractivity contribution in [1.82, 2.24) is 10.2 Å². The molecule has 0 unspecified atom stereocenters. The zero-order valence-electron chi connectivity index (χ0n) is 9.51. The molecule has 1 aliphatic carbocycles. The van der Waals surface area contributed by atoms with Gasteiger partial charge in [0.2, 0.25) is 0 Å². The summed E-state index contributed by atoms with van der Waals surface area (Å²) >= 11 is 13.7. The van der Waals surface area contributed by atoms with Crippen LogP contribution >= 0.6 is 34.5 Å². The normalized spacial score (nSPS) is 14.8. The van der Waals surface area contributed by atoms with Gasteiger partial charge in [-0.25, -0.2) is 0 Å². The van der Waals surface area contributed by atoms with Gasteiger partial charge in [0.05, 0.1) is 5.69 Å². The van der Waals surface area contributed by atoms with Crippen LogP contribution in [0.5, 0.6) is 0 Å². The van der Waals surface area contributed by atoms with E-state index in [9.17, 15) is 0 Å². The lowest BCUT2D eigenvalue weighted by Gasteiger charge is -2.24. The molecule has 0 aliphatic heterocycles. The first-order valence-electron chi connectivity index (χ1n) is 5.70. The number of nitrogens with zero attached hydrogens (tertiary/aromatic N) is 3. The van der Waals surface area contributed by atoms with Crippen molar-refractivity contribution in [3.8, 4) is 0 Å². The summed E-state index contributed by atoms with van der Waals surface area (Å²) in [4.78, 5) is 2.27. The molecular weight excluding hydrogens is 289 g/mol. The minimum absolute atomic E-state index is 0.380. The molecule has 2 aromatic heterocycles. The summed E-state index contributed by atoms with van der Waals surface area (Å²) in [6.07, 6.45) is 2.39. The molecule has 0 spiro atoms. The van der Waals surface area contributed by atoms with Gasteiger partial charge in [0.1, 0.15) is 0 Å². The van der Waals surface area contributed by atoms with Gasteiger partial charge < -0.3 is 4.90 Å². The fourth-order valence-corrected chi connectivity index (χ4v) is 2.92. The minimum atomic E-state index is 0.380. The molecule has 0 amide bonds. The number of hydrogen-bond donors (Lipinski definition) is 0. The number of aromatic nitrogens is 2. The van der Waals surface area contributed by atoms with Crippen LogP contribution in [0.1, 0.15) is 18.4 Å². The second kappa shape index (κ2) is 5.03. The summed E-state index contributed by atoms with van der Waals surface area (Å²) < 4.78 is 0. The van der Waals surface area contributed by atoms with Crippen molar-refractivity contribution in [2.45, 2.75) is 25.4 Å². The smallest absolute Gasteiger partial charge is 0.175 e. The minimum Gasteiger partial charge on any atom is -0.362 e. The van der Waals surface area contributed by atoms with E-state index in [0.717, 1.165) is 12.2 Å². The van der Waals surface area contributed by atoms with E-state index in [1.807, 2.05) is 0 Å². The Labute approximate surface area is 119 Å². The molecule has 1 saturated carbocycles. The van der Waals surface area contributed by atoms with E-state index in [1.165, 1.54) is 18.4 Å². The fraction of sp³-hybridized carbons (Fsp3) is 0.333. The van der Waals surface area contributed by atoms with Gasteiger partial charge in [0.25, 0.3) is 0 Å². The number of hydrogen-bond acceptors (Lipinski definition) is 4. The van der Waals surface area contributed by atoms with Crippen molar-refractivity contribution in [2.75, 3.05) is 4.90 Å². The topological polar surface area (TPSA) is 29.0 Å². The highest BCUT2D eigenvalue weighted by molar-refractivity contribution is 7.07. The van der Waals surface area contributed by atoms with E-state index in [4.69, 9.17) is 23.2 Å². The molecule has 6 heteroatoms. The molecule has 0 atom stereocenters. The zero-order chi connectivity index (χ0) is 12.5. The highest BCUT2D eigenvalue weighted by Gasteiger charge is 2.31. The van der Waals surface area contributed by atoms with E-state index in [-0.39, 0.29) is 0 Å². The maximum absolute atomic E-state index is 6.13. The predicted molar refractivity (Wildman–Crippen MR) is 75.6 cm³/mol. The lowest BCUT2D eigenvalue weighted by molar-refractivity contribution is 0.789. The van der Waals surface area contributed by atoms with E-state index in [2.05, 4.69) is 31.9 Å². The fourth-order valence-electron chi connectivity index (χ4n) is 1.92. The van der Waals surface area contributed by atoms with E-state index in [1.54, 1.807) is 17.4 Å². The highest BCUT2D eigenvalue weighted by Crippen LogP contribution is 2.36. The number of anilines is 1. The third kappa shape index (κ3) is 2.60. The van der Waals surface area contributed by atoms with Crippen LogP contribution in [-0.4, -0.2) is 16.2 Å². The van der Waals surface area contributed by atoms with Crippen LogP contribution in [0, 0.1) is 0 Å². The van der Waals surface area contributed by atoms with Crippen molar-refractivity contribution >= 4 is 40.2 Å². The standard InChI is InChI=1S/C12H11Cl2N3S/c13-11-5-10(12(14)16-15-11)17(9-1-2-9)6-8-3-4-18-7-8/h3-5,7,9H,1-2,6H2. The lowest BCUT2D eigenvalue weighted by Crippen LogP contribution is -2.25. The van der Waals surface area contributed by atoms with Gasteiger partial charge in [0, 0.05) is 18.7 Å². The summed E-state index contributed by atoms with van der Waals surface area (Å²) in [6.45, 7) is 0.843. The van der Waals surface area contributed by atoms with Crippen molar-refractivity contribution in [1.29, 1.82) is 0 Å². The Kier molecular flexibility index (Phi) is 3.41. The Morgan fingerprint density at radius 1 is 1.33 bits per heavy atom. The quantitative estimate of drug-likeness (QED) is 0.854. The Hall–Kier alpha value is -0.840. The van der Waals surface area contributed by atoms with Gasteiger partial charge in [-0.15, -0.1) is 10.2 Å². The maximum Gasteiger partial charge on any atom is 0.175 e. The van der Waals surface area contributed by atoms with Crippen molar-refractivity contribution in [3.05, 3.63) is 38.8 Å². The van der Waals surface area contributed by atoms with E-state index in [0.29, 0.717) is 16.3 Å². The molecule has 3 rings (SSSR count). The van der Waals surface area contributed by atoms with Crippen LogP contribution in [-0.2, 0) is 6.54 Å². The van der Waals surface area contributed by atoms with Crippen molar-refractivity contribution in [3.63, 3.8) is 0 Å². The summed E-state index contributed by atoms with van der Waals surface area (Å²) in [6, 6.07) is 4.47. The van der Waals surface area contributed by atoms with E-state index < -0.39 is 0 Å². The lowest BCUT2D eigenvalue weighted by atomic mass is 10.3. The van der Waals surface area contributed by atoms with Gasteiger partial charge in [-0.1, -0.05) is 23.2 Å². The van der Waals surface area contributed by atoms with Crippen LogP contribution in [0.25, 0.3) is 0 Å².